The van der Waals surface area contributed by atoms with Gasteiger partial charge in [-0.15, -0.1) is 24.0 Å². The summed E-state index contributed by atoms with van der Waals surface area (Å²) >= 11 is 0. The zero-order valence-corrected chi connectivity index (χ0v) is 19.6. The third-order valence-corrected chi connectivity index (χ3v) is 3.83. The molecule has 2 rings (SSSR count). The second-order valence-electron chi connectivity index (χ2n) is 7.37. The van der Waals surface area contributed by atoms with Crippen LogP contribution in [0.25, 0.3) is 0 Å². The molecule has 0 saturated carbocycles. The number of methoxy groups -OCH3 is 1. The minimum atomic E-state index is -0.501. The lowest BCUT2D eigenvalue weighted by molar-refractivity contribution is 0.0529. The highest BCUT2D eigenvalue weighted by atomic mass is 127. The molecular formula is C17H32IN7O3. The molecule has 1 aliphatic heterocycles. The number of rotatable bonds is 6. The Hall–Kier alpha value is -1.63. The molecule has 1 aromatic heterocycles. The Balaban J connectivity index is 0.00000392. The maximum absolute atomic E-state index is 11.6. The Kier molecular flexibility index (Phi) is 9.93. The molecule has 1 aromatic rings. The molecule has 1 aliphatic rings. The first-order valence-corrected chi connectivity index (χ1v) is 9.16. The van der Waals surface area contributed by atoms with E-state index in [0.29, 0.717) is 31.5 Å². The lowest BCUT2D eigenvalue weighted by Gasteiger charge is -2.25. The molecule has 0 bridgehead atoms. The van der Waals surface area contributed by atoms with Crippen molar-refractivity contribution in [3.8, 4) is 0 Å². The first-order chi connectivity index (χ1) is 12.8. The largest absolute Gasteiger partial charge is 0.444 e. The maximum Gasteiger partial charge on any atom is 0.407 e. The van der Waals surface area contributed by atoms with Gasteiger partial charge in [0, 0.05) is 39.7 Å². The van der Waals surface area contributed by atoms with Crippen LogP contribution in [-0.4, -0.2) is 65.7 Å². The van der Waals surface area contributed by atoms with E-state index in [-0.39, 0.29) is 30.0 Å². The summed E-state index contributed by atoms with van der Waals surface area (Å²) in [6, 6.07) is 0.208. The number of hydrogen-bond acceptors (Lipinski definition) is 6. The van der Waals surface area contributed by atoms with Gasteiger partial charge in [-0.1, -0.05) is 0 Å². The maximum atomic E-state index is 11.6. The molecule has 11 heteroatoms. The molecule has 1 amide bonds. The number of aromatic nitrogens is 3. The van der Waals surface area contributed by atoms with Crippen molar-refractivity contribution >= 4 is 36.0 Å². The van der Waals surface area contributed by atoms with Crippen molar-refractivity contribution in [1.29, 1.82) is 0 Å². The van der Waals surface area contributed by atoms with E-state index in [1.807, 2.05) is 25.5 Å². The van der Waals surface area contributed by atoms with Crippen LogP contribution in [0.3, 0.4) is 0 Å². The number of carbonyl (C=O) groups excluding carboxylic acids is 1. The number of amides is 1. The Bertz CT molecular complexity index is 658. The normalized spacial score (nSPS) is 16.6. The van der Waals surface area contributed by atoms with Crippen molar-refractivity contribution < 1.29 is 14.3 Å². The van der Waals surface area contributed by atoms with Gasteiger partial charge in [-0.05, 0) is 27.2 Å². The van der Waals surface area contributed by atoms with Crippen LogP contribution in [-0.2, 0) is 29.0 Å². The van der Waals surface area contributed by atoms with Crippen molar-refractivity contribution in [2.24, 2.45) is 4.99 Å². The number of hydrogen-bond donors (Lipinski definition) is 3. The summed E-state index contributed by atoms with van der Waals surface area (Å²) in [7, 11) is 3.36. The monoisotopic (exact) mass is 509 g/mol. The summed E-state index contributed by atoms with van der Waals surface area (Å²) in [4.78, 5) is 20.3. The minimum absolute atomic E-state index is 0. The third kappa shape index (κ3) is 8.17. The van der Waals surface area contributed by atoms with E-state index >= 15 is 0 Å². The van der Waals surface area contributed by atoms with E-state index < -0.39 is 11.7 Å². The minimum Gasteiger partial charge on any atom is -0.444 e. The van der Waals surface area contributed by atoms with Crippen LogP contribution in [0, 0.1) is 0 Å². The standard InChI is InChI=1S/C17H31N7O3.HI/c1-17(2,3)27-16(25)20-9-8-19-15(18-4)21-12-6-7-14-22-13(11-26-5)23-24(14)10-12;/h12H,6-11H2,1-5H3,(H,20,25)(H2,18,19,21);1H. The summed E-state index contributed by atoms with van der Waals surface area (Å²) in [6.45, 7) is 7.62. The van der Waals surface area contributed by atoms with Gasteiger partial charge in [-0.3, -0.25) is 4.99 Å². The van der Waals surface area contributed by atoms with Crippen molar-refractivity contribution in [2.75, 3.05) is 27.2 Å². The van der Waals surface area contributed by atoms with E-state index in [0.717, 1.165) is 25.2 Å². The molecule has 3 N–H and O–H groups in total. The van der Waals surface area contributed by atoms with Gasteiger partial charge in [0.1, 0.15) is 18.0 Å². The smallest absolute Gasteiger partial charge is 0.407 e. The summed E-state index contributed by atoms with van der Waals surface area (Å²) in [6.07, 6.45) is 1.37. The number of alkyl carbamates (subject to hydrolysis) is 1. The van der Waals surface area contributed by atoms with E-state index in [1.165, 1.54) is 0 Å². The fourth-order valence-corrected chi connectivity index (χ4v) is 2.72. The van der Waals surface area contributed by atoms with Crippen LogP contribution in [0.5, 0.6) is 0 Å². The number of halogens is 1. The Labute approximate surface area is 183 Å². The molecule has 0 spiro atoms. The quantitative estimate of drug-likeness (QED) is 0.227. The van der Waals surface area contributed by atoms with Gasteiger partial charge < -0.3 is 25.4 Å². The van der Waals surface area contributed by atoms with E-state index in [9.17, 15) is 4.79 Å². The van der Waals surface area contributed by atoms with Gasteiger partial charge in [0.2, 0.25) is 0 Å². The Morgan fingerprint density at radius 3 is 2.68 bits per heavy atom. The lowest BCUT2D eigenvalue weighted by Crippen LogP contribution is -2.48. The number of nitrogens with zero attached hydrogens (tertiary/aromatic N) is 4. The van der Waals surface area contributed by atoms with Crippen LogP contribution in [0.2, 0.25) is 0 Å². The number of nitrogens with one attached hydrogen (secondary N) is 3. The van der Waals surface area contributed by atoms with Gasteiger partial charge in [-0.2, -0.15) is 5.10 Å². The molecular weight excluding hydrogens is 477 g/mol. The molecule has 2 heterocycles. The summed E-state index contributed by atoms with van der Waals surface area (Å²) < 4.78 is 12.2. The van der Waals surface area contributed by atoms with Crippen LogP contribution >= 0.6 is 24.0 Å². The molecule has 10 nitrogen and oxygen atoms in total. The molecule has 1 atom stereocenters. The van der Waals surface area contributed by atoms with E-state index in [2.05, 4.69) is 31.0 Å². The van der Waals surface area contributed by atoms with Crippen molar-refractivity contribution in [2.45, 2.75) is 58.4 Å². The first-order valence-electron chi connectivity index (χ1n) is 9.16. The van der Waals surface area contributed by atoms with Crippen molar-refractivity contribution in [3.05, 3.63) is 11.6 Å². The van der Waals surface area contributed by atoms with Crippen LogP contribution in [0.1, 0.15) is 38.8 Å². The van der Waals surface area contributed by atoms with Crippen molar-refractivity contribution in [3.63, 3.8) is 0 Å². The SMILES string of the molecule is CN=C(NCCNC(=O)OC(C)(C)C)NC1CCc2nc(COC)nn2C1.I. The van der Waals surface area contributed by atoms with E-state index in [1.54, 1.807) is 14.2 Å². The number of carbonyl (C=O) groups is 1. The topological polar surface area (TPSA) is 115 Å². The van der Waals surface area contributed by atoms with Gasteiger partial charge in [0.05, 0.1) is 6.54 Å². The lowest BCUT2D eigenvalue weighted by atomic mass is 10.1. The van der Waals surface area contributed by atoms with Gasteiger partial charge >= 0.3 is 6.09 Å². The number of fused-ring (bicyclic) bond motifs is 1. The van der Waals surface area contributed by atoms with Gasteiger partial charge in [-0.25, -0.2) is 14.5 Å². The van der Waals surface area contributed by atoms with Gasteiger partial charge in [0.25, 0.3) is 0 Å². The Morgan fingerprint density at radius 1 is 1.32 bits per heavy atom. The van der Waals surface area contributed by atoms with Crippen LogP contribution < -0.4 is 16.0 Å². The van der Waals surface area contributed by atoms with Crippen LogP contribution in [0.4, 0.5) is 4.79 Å². The molecule has 1 unspecified atom stereocenters. The molecule has 0 aromatic carbocycles. The average molecular weight is 509 g/mol. The second-order valence-corrected chi connectivity index (χ2v) is 7.37. The summed E-state index contributed by atoms with van der Waals surface area (Å²) in [5, 5.41) is 13.8. The van der Waals surface area contributed by atoms with Gasteiger partial charge in [0.15, 0.2) is 11.8 Å². The number of aryl methyl sites for hydroxylation is 1. The number of aliphatic imine (C=N–C) groups is 1. The first kappa shape index (κ1) is 24.4. The molecule has 0 fully saturated rings. The highest BCUT2D eigenvalue weighted by Gasteiger charge is 2.22. The predicted molar refractivity (Wildman–Crippen MR) is 117 cm³/mol. The molecule has 0 radical (unpaired) electrons. The van der Waals surface area contributed by atoms with Crippen LogP contribution in [0.15, 0.2) is 4.99 Å². The zero-order chi connectivity index (χ0) is 19.9. The fourth-order valence-electron chi connectivity index (χ4n) is 2.72. The molecule has 160 valence electrons. The molecule has 28 heavy (non-hydrogen) atoms. The zero-order valence-electron chi connectivity index (χ0n) is 17.2. The highest BCUT2D eigenvalue weighted by Crippen LogP contribution is 2.13. The summed E-state index contributed by atoms with van der Waals surface area (Å²) in [5.74, 6) is 2.39. The Morgan fingerprint density at radius 2 is 2.04 bits per heavy atom. The predicted octanol–water partition coefficient (Wildman–Crippen LogP) is 1.05. The average Bonchev–Trinajstić information content (AvgIpc) is 2.98. The van der Waals surface area contributed by atoms with Crippen molar-refractivity contribution in [1.82, 2.24) is 30.7 Å². The number of guanidine groups is 1. The second kappa shape index (κ2) is 11.4. The number of ether oxygens (including phenoxy) is 2. The highest BCUT2D eigenvalue weighted by molar-refractivity contribution is 14.0. The van der Waals surface area contributed by atoms with E-state index in [4.69, 9.17) is 9.47 Å². The molecule has 0 saturated heterocycles. The third-order valence-electron chi connectivity index (χ3n) is 3.83. The molecule has 0 aliphatic carbocycles. The summed E-state index contributed by atoms with van der Waals surface area (Å²) in [5.41, 5.74) is -0.501. The fraction of sp³-hybridized carbons (Fsp3) is 0.765.